The molecule has 0 aliphatic heterocycles. The Labute approximate surface area is 119 Å². The second kappa shape index (κ2) is 6.12. The number of likely N-dealkylation sites (N-methyl/N-ethyl adjacent to an activating group) is 1. The summed E-state index contributed by atoms with van der Waals surface area (Å²) in [5.74, 6) is 0.102. The molecule has 3 N–H and O–H groups in total. The van der Waals surface area contributed by atoms with Crippen LogP contribution in [-0.2, 0) is 11.3 Å². The third-order valence-corrected chi connectivity index (χ3v) is 3.28. The molecule has 4 nitrogen and oxygen atoms in total. The summed E-state index contributed by atoms with van der Waals surface area (Å²) in [6, 6.07) is 8.23. The molecule has 0 spiro atoms. The van der Waals surface area contributed by atoms with Crippen molar-refractivity contribution in [2.75, 3.05) is 13.6 Å². The molecule has 1 aromatic rings. The number of nitrogens with two attached hydrogens (primary N) is 1. The van der Waals surface area contributed by atoms with E-state index in [2.05, 4.69) is 5.32 Å². The molecule has 1 fully saturated rings. The standard InChI is InChI=1S/C14H19N3OS/c1-17(9-13(18)16-12-6-7-12)8-10-2-4-11(5-3-10)14(15)19/h2-5,12H,6-9H2,1H3,(H2,15,19)(H,16,18). The first kappa shape index (κ1) is 14.0. The highest BCUT2D eigenvalue weighted by Crippen LogP contribution is 2.18. The number of nitrogens with one attached hydrogen (secondary N) is 1. The maximum Gasteiger partial charge on any atom is 0.234 e. The number of thiocarbonyl (C=S) groups is 1. The second-order valence-electron chi connectivity index (χ2n) is 5.08. The van der Waals surface area contributed by atoms with E-state index in [9.17, 15) is 4.79 Å². The van der Waals surface area contributed by atoms with Crippen LogP contribution in [0.2, 0.25) is 0 Å². The van der Waals surface area contributed by atoms with Crippen LogP contribution in [0.3, 0.4) is 0 Å². The number of carbonyl (C=O) groups excluding carboxylic acids is 1. The third kappa shape index (κ3) is 4.61. The predicted octanol–water partition coefficient (Wildman–Crippen LogP) is 1.03. The van der Waals surface area contributed by atoms with Gasteiger partial charge in [0.25, 0.3) is 0 Å². The van der Waals surface area contributed by atoms with Gasteiger partial charge < -0.3 is 11.1 Å². The number of hydrogen-bond donors (Lipinski definition) is 2. The monoisotopic (exact) mass is 277 g/mol. The lowest BCUT2D eigenvalue weighted by Crippen LogP contribution is -2.35. The fraction of sp³-hybridized carbons (Fsp3) is 0.429. The Hall–Kier alpha value is -1.46. The Morgan fingerprint density at radius 3 is 2.58 bits per heavy atom. The van der Waals surface area contributed by atoms with E-state index in [0.717, 1.165) is 30.5 Å². The largest absolute Gasteiger partial charge is 0.389 e. The fourth-order valence-corrected chi connectivity index (χ4v) is 2.02. The summed E-state index contributed by atoms with van der Waals surface area (Å²) in [6.07, 6.45) is 2.24. The zero-order chi connectivity index (χ0) is 13.8. The van der Waals surface area contributed by atoms with Gasteiger partial charge in [-0.3, -0.25) is 9.69 Å². The summed E-state index contributed by atoms with van der Waals surface area (Å²) < 4.78 is 0. The van der Waals surface area contributed by atoms with Crippen molar-refractivity contribution in [2.45, 2.75) is 25.4 Å². The minimum Gasteiger partial charge on any atom is -0.389 e. The molecular weight excluding hydrogens is 258 g/mol. The van der Waals surface area contributed by atoms with Gasteiger partial charge in [-0.05, 0) is 25.5 Å². The van der Waals surface area contributed by atoms with Crippen molar-refractivity contribution in [3.05, 3.63) is 35.4 Å². The maximum atomic E-state index is 11.7. The molecule has 0 heterocycles. The minimum absolute atomic E-state index is 0.102. The smallest absolute Gasteiger partial charge is 0.234 e. The molecule has 1 saturated carbocycles. The summed E-state index contributed by atoms with van der Waals surface area (Å²) in [6.45, 7) is 1.16. The van der Waals surface area contributed by atoms with Gasteiger partial charge in [0.2, 0.25) is 5.91 Å². The van der Waals surface area contributed by atoms with E-state index in [0.29, 0.717) is 17.6 Å². The molecule has 0 bridgehead atoms. The molecule has 0 unspecified atom stereocenters. The highest BCUT2D eigenvalue weighted by molar-refractivity contribution is 7.80. The SMILES string of the molecule is CN(CC(=O)NC1CC1)Cc1ccc(C(N)=S)cc1. The van der Waals surface area contributed by atoms with Crippen molar-refractivity contribution in [3.63, 3.8) is 0 Å². The summed E-state index contributed by atoms with van der Waals surface area (Å²) in [7, 11) is 1.94. The Morgan fingerprint density at radius 2 is 2.05 bits per heavy atom. The van der Waals surface area contributed by atoms with Crippen molar-refractivity contribution in [2.24, 2.45) is 5.73 Å². The number of rotatable bonds is 6. The molecule has 1 aliphatic rings. The van der Waals surface area contributed by atoms with Crippen LogP contribution in [0.4, 0.5) is 0 Å². The minimum atomic E-state index is 0.102. The number of carbonyl (C=O) groups is 1. The van der Waals surface area contributed by atoms with Gasteiger partial charge in [-0.1, -0.05) is 36.5 Å². The van der Waals surface area contributed by atoms with E-state index in [1.165, 1.54) is 0 Å². The van der Waals surface area contributed by atoms with Crippen molar-refractivity contribution in [1.82, 2.24) is 10.2 Å². The Balaban J connectivity index is 1.81. The van der Waals surface area contributed by atoms with E-state index in [4.69, 9.17) is 18.0 Å². The molecule has 0 saturated heterocycles. The summed E-state index contributed by atoms with van der Waals surface area (Å²) in [5, 5.41) is 2.98. The van der Waals surface area contributed by atoms with Gasteiger partial charge in [0.1, 0.15) is 4.99 Å². The fourth-order valence-electron chi connectivity index (χ4n) is 1.89. The molecule has 0 aromatic heterocycles. The van der Waals surface area contributed by atoms with Gasteiger partial charge in [-0.2, -0.15) is 0 Å². The zero-order valence-corrected chi connectivity index (χ0v) is 11.9. The number of hydrogen-bond acceptors (Lipinski definition) is 3. The topological polar surface area (TPSA) is 58.4 Å². The second-order valence-corrected chi connectivity index (χ2v) is 5.52. The third-order valence-electron chi connectivity index (χ3n) is 3.05. The normalized spacial score (nSPS) is 14.4. The van der Waals surface area contributed by atoms with Crippen molar-refractivity contribution >= 4 is 23.1 Å². The molecule has 1 aliphatic carbocycles. The number of amides is 1. The Kier molecular flexibility index (Phi) is 4.50. The first-order valence-corrected chi connectivity index (χ1v) is 6.82. The predicted molar refractivity (Wildman–Crippen MR) is 79.8 cm³/mol. The lowest BCUT2D eigenvalue weighted by atomic mass is 10.1. The van der Waals surface area contributed by atoms with Crippen LogP contribution in [-0.4, -0.2) is 35.4 Å². The van der Waals surface area contributed by atoms with Gasteiger partial charge in [0.15, 0.2) is 0 Å². The average Bonchev–Trinajstić information content (AvgIpc) is 3.13. The van der Waals surface area contributed by atoms with E-state index >= 15 is 0 Å². The van der Waals surface area contributed by atoms with Crippen LogP contribution >= 0.6 is 12.2 Å². The van der Waals surface area contributed by atoms with Crippen LogP contribution in [0.25, 0.3) is 0 Å². The summed E-state index contributed by atoms with van der Waals surface area (Å²) in [5.41, 5.74) is 7.56. The van der Waals surface area contributed by atoms with Crippen LogP contribution in [0, 0.1) is 0 Å². The van der Waals surface area contributed by atoms with Crippen LogP contribution < -0.4 is 11.1 Å². The Morgan fingerprint density at radius 1 is 1.42 bits per heavy atom. The van der Waals surface area contributed by atoms with E-state index in [1.54, 1.807) is 0 Å². The van der Waals surface area contributed by atoms with E-state index < -0.39 is 0 Å². The first-order valence-electron chi connectivity index (χ1n) is 6.41. The van der Waals surface area contributed by atoms with Crippen LogP contribution in [0.5, 0.6) is 0 Å². The molecule has 19 heavy (non-hydrogen) atoms. The molecule has 0 atom stereocenters. The maximum absolute atomic E-state index is 11.7. The number of benzene rings is 1. The molecule has 102 valence electrons. The quantitative estimate of drug-likeness (QED) is 0.763. The molecule has 5 heteroatoms. The summed E-state index contributed by atoms with van der Waals surface area (Å²) in [4.78, 5) is 14.1. The lowest BCUT2D eigenvalue weighted by Gasteiger charge is -2.16. The highest BCUT2D eigenvalue weighted by Gasteiger charge is 2.23. The highest BCUT2D eigenvalue weighted by atomic mass is 32.1. The van der Waals surface area contributed by atoms with Gasteiger partial charge in [-0.15, -0.1) is 0 Å². The van der Waals surface area contributed by atoms with Crippen molar-refractivity contribution < 1.29 is 4.79 Å². The van der Waals surface area contributed by atoms with Crippen LogP contribution in [0.15, 0.2) is 24.3 Å². The molecule has 1 aromatic carbocycles. The Bertz CT molecular complexity index is 468. The molecule has 0 radical (unpaired) electrons. The molecule has 1 amide bonds. The first-order chi connectivity index (χ1) is 9.04. The van der Waals surface area contributed by atoms with Crippen LogP contribution in [0.1, 0.15) is 24.0 Å². The lowest BCUT2D eigenvalue weighted by molar-refractivity contribution is -0.122. The van der Waals surface area contributed by atoms with Gasteiger partial charge in [0, 0.05) is 18.2 Å². The van der Waals surface area contributed by atoms with Gasteiger partial charge in [-0.25, -0.2) is 0 Å². The van der Waals surface area contributed by atoms with Crippen molar-refractivity contribution in [1.29, 1.82) is 0 Å². The molecular formula is C14H19N3OS. The van der Waals surface area contributed by atoms with E-state index in [-0.39, 0.29) is 5.91 Å². The van der Waals surface area contributed by atoms with Gasteiger partial charge >= 0.3 is 0 Å². The summed E-state index contributed by atoms with van der Waals surface area (Å²) >= 11 is 4.91. The average molecular weight is 277 g/mol. The van der Waals surface area contributed by atoms with E-state index in [1.807, 2.05) is 36.2 Å². The molecule has 2 rings (SSSR count). The van der Waals surface area contributed by atoms with Crippen molar-refractivity contribution in [3.8, 4) is 0 Å². The van der Waals surface area contributed by atoms with Gasteiger partial charge in [0.05, 0.1) is 6.54 Å². The zero-order valence-electron chi connectivity index (χ0n) is 11.1. The number of nitrogens with zero attached hydrogens (tertiary/aromatic N) is 1.